The lowest BCUT2D eigenvalue weighted by molar-refractivity contribution is 0.0442. The molecule has 6 aromatic rings. The van der Waals surface area contributed by atoms with Crippen LogP contribution in [0.1, 0.15) is 48.4 Å². The molecule has 1 aliphatic rings. The number of aromatic carboxylic acids is 1. The van der Waals surface area contributed by atoms with E-state index < -0.39 is 25.1 Å². The van der Waals surface area contributed by atoms with Gasteiger partial charge < -0.3 is 15.6 Å². The average molecular weight is 653 g/mol. The summed E-state index contributed by atoms with van der Waals surface area (Å²) in [6.07, 6.45) is 0.122. The quantitative estimate of drug-likeness (QED) is 0.0862. The number of H-pyrrole nitrogens is 2. The number of nitrogens with zero attached hydrogens (tertiary/aromatic N) is 6. The van der Waals surface area contributed by atoms with E-state index in [0.29, 0.717) is 22.8 Å². The van der Waals surface area contributed by atoms with Crippen molar-refractivity contribution in [2.45, 2.75) is 6.42 Å². The molecule has 0 saturated heterocycles. The van der Waals surface area contributed by atoms with E-state index in [9.17, 15) is 23.6 Å². The molecule has 0 bridgehead atoms. The Bertz CT molecular complexity index is 1980. The van der Waals surface area contributed by atoms with Crippen LogP contribution in [-0.4, -0.2) is 77.2 Å². The summed E-state index contributed by atoms with van der Waals surface area (Å²) in [6, 6.07) is 27.2. The second kappa shape index (κ2) is 16.4. The van der Waals surface area contributed by atoms with E-state index in [0.717, 1.165) is 22.4 Å². The summed E-state index contributed by atoms with van der Waals surface area (Å²) >= 11 is 0. The molecular weight excluding hydrogens is 625 g/mol. The number of nitrogens with two attached hydrogens (primary N) is 1. The third-order valence-corrected chi connectivity index (χ3v) is 6.45. The molecule has 2 aromatic heterocycles. The molecule has 1 aliphatic heterocycles. The summed E-state index contributed by atoms with van der Waals surface area (Å²) in [5, 5.41) is 36.3. The number of cyclic esters (lactones) is 2. The van der Waals surface area contributed by atoms with Gasteiger partial charge in [0.1, 0.15) is 0 Å². The van der Waals surface area contributed by atoms with Crippen LogP contribution in [0.2, 0.25) is 0 Å². The SMILES string of the molecule is Nc1ccc(-c2nn[nH]n2)cc1.O=C(O)c1ccccc1C(=O)Cc1ccc(-c2nn[nH]n2)cc1.O=C1OC(=O)c2ccccc21.[2H]CF. The Morgan fingerprint density at radius 1 is 0.771 bits per heavy atom. The van der Waals surface area contributed by atoms with E-state index in [-0.39, 0.29) is 23.3 Å². The van der Waals surface area contributed by atoms with Crippen LogP contribution in [0.15, 0.2) is 97.1 Å². The lowest BCUT2D eigenvalue weighted by Gasteiger charge is -2.05. The number of carboxylic acid groups (broad SMARTS) is 1. The Kier molecular flexibility index (Phi) is 11.1. The molecule has 4 aromatic carbocycles. The Morgan fingerprint density at radius 3 is 1.69 bits per heavy atom. The number of nitrogen functional groups attached to an aromatic ring is 1. The number of halogens is 1. The van der Waals surface area contributed by atoms with Crippen molar-refractivity contribution in [2.24, 2.45) is 0 Å². The molecule has 0 radical (unpaired) electrons. The third kappa shape index (κ3) is 8.60. The van der Waals surface area contributed by atoms with E-state index in [1.807, 2.05) is 12.1 Å². The van der Waals surface area contributed by atoms with Crippen LogP contribution < -0.4 is 5.73 Å². The number of benzene rings is 4. The van der Waals surface area contributed by atoms with Crippen molar-refractivity contribution in [3.8, 4) is 22.8 Å². The van der Waals surface area contributed by atoms with Crippen LogP contribution in [-0.2, 0) is 11.2 Å². The highest BCUT2D eigenvalue weighted by Gasteiger charge is 2.28. The van der Waals surface area contributed by atoms with Crippen LogP contribution in [0.5, 0.6) is 0 Å². The zero-order valence-electron chi connectivity index (χ0n) is 25.8. The number of esters is 2. The molecule has 0 spiro atoms. The first-order chi connectivity index (χ1) is 23.7. The molecule has 7 rings (SSSR count). The number of aromatic nitrogens is 8. The van der Waals surface area contributed by atoms with Gasteiger partial charge in [-0.1, -0.05) is 54.6 Å². The Morgan fingerprint density at radius 2 is 1.23 bits per heavy atom. The summed E-state index contributed by atoms with van der Waals surface area (Å²) in [5.41, 5.74) is 9.64. The van der Waals surface area contributed by atoms with Gasteiger partial charge in [0.05, 0.1) is 25.2 Å². The van der Waals surface area contributed by atoms with Crippen molar-refractivity contribution in [3.05, 3.63) is 125 Å². The highest BCUT2D eigenvalue weighted by atomic mass is 19.1. The maximum absolute atomic E-state index is 12.3. The Labute approximate surface area is 272 Å². The number of ketones is 1. The first-order valence-electron chi connectivity index (χ1n) is 14.4. The van der Waals surface area contributed by atoms with Crippen molar-refractivity contribution in [2.75, 3.05) is 12.9 Å². The summed E-state index contributed by atoms with van der Waals surface area (Å²) in [5.74, 6) is -1.40. The van der Waals surface area contributed by atoms with Crippen molar-refractivity contribution in [1.29, 1.82) is 0 Å². The van der Waals surface area contributed by atoms with Crippen molar-refractivity contribution in [1.82, 2.24) is 41.2 Å². The minimum Gasteiger partial charge on any atom is -0.478 e. The molecule has 5 N–H and O–H groups in total. The maximum atomic E-state index is 12.3. The minimum atomic E-state index is -1.11. The predicted molar refractivity (Wildman–Crippen MR) is 168 cm³/mol. The number of hydrogen-bond donors (Lipinski definition) is 4. The lowest BCUT2D eigenvalue weighted by Crippen LogP contribution is -2.10. The molecular formula is C32H26FN9O6. The van der Waals surface area contributed by atoms with Crippen molar-refractivity contribution >= 4 is 29.4 Å². The van der Waals surface area contributed by atoms with E-state index in [1.165, 1.54) is 12.1 Å². The van der Waals surface area contributed by atoms with Crippen LogP contribution in [0.4, 0.5) is 10.1 Å². The standard InChI is InChI=1S/C16H12N4O3.C8H4O3.C7H7N5.CH3F/c21-14(12-3-1-2-4-13(12)16(22)23)9-10-5-7-11(8-6-10)15-17-19-20-18-15;9-7-5-3-1-2-4-6(5)8(10)11-7;8-6-3-1-5(2-4-6)7-9-11-12-10-7;1-2/h1-8H,9H2,(H,22,23)(H,17,18,19,20);1-4H;1-4H,8H2,(H,9,10,11,12);1H3/i;;;1D. The lowest BCUT2D eigenvalue weighted by atomic mass is 9.98. The monoisotopic (exact) mass is 652 g/mol. The zero-order chi connectivity index (χ0) is 35.2. The number of aromatic amines is 2. The smallest absolute Gasteiger partial charge is 0.346 e. The van der Waals surface area contributed by atoms with Crippen molar-refractivity contribution < 1.29 is 34.8 Å². The second-order valence-corrected chi connectivity index (χ2v) is 9.46. The first kappa shape index (κ1) is 32.4. The number of tetrazole rings is 2. The fourth-order valence-electron chi connectivity index (χ4n) is 4.20. The second-order valence-electron chi connectivity index (χ2n) is 9.46. The van der Waals surface area contributed by atoms with Gasteiger partial charge in [-0.3, -0.25) is 9.18 Å². The molecule has 0 atom stereocenters. The number of hydrogen-bond acceptors (Lipinski definition) is 12. The van der Waals surface area contributed by atoms with Crippen LogP contribution >= 0.6 is 0 Å². The molecule has 0 unspecified atom stereocenters. The number of ether oxygens (including phenoxy) is 1. The van der Waals surface area contributed by atoms with E-state index in [2.05, 4.69) is 46.0 Å². The summed E-state index contributed by atoms with van der Waals surface area (Å²) in [6.45, 7) is 0. The number of carboxylic acids is 1. The molecule has 0 aliphatic carbocycles. The molecule has 16 heteroatoms. The minimum absolute atomic E-state index is 0.0147. The van der Waals surface area contributed by atoms with Crippen LogP contribution in [0.3, 0.4) is 0 Å². The molecule has 242 valence electrons. The number of carbonyl (C=O) groups is 4. The van der Waals surface area contributed by atoms with Gasteiger partial charge in [0.2, 0.25) is 11.6 Å². The van der Waals surface area contributed by atoms with E-state index in [4.69, 9.17) is 12.2 Å². The van der Waals surface area contributed by atoms with Gasteiger partial charge in [-0.15, -0.1) is 20.4 Å². The maximum Gasteiger partial charge on any atom is 0.346 e. The van der Waals surface area contributed by atoms with Crippen LogP contribution in [0.25, 0.3) is 22.8 Å². The van der Waals surface area contributed by atoms with Gasteiger partial charge in [-0.05, 0) is 58.5 Å². The van der Waals surface area contributed by atoms with Gasteiger partial charge in [0.15, 0.2) is 5.78 Å². The Balaban J connectivity index is 0.000000174. The van der Waals surface area contributed by atoms with Crippen molar-refractivity contribution in [3.63, 3.8) is 0 Å². The largest absolute Gasteiger partial charge is 0.478 e. The fourth-order valence-corrected chi connectivity index (χ4v) is 4.20. The number of carbonyl (C=O) groups excluding carboxylic acids is 3. The van der Waals surface area contributed by atoms with Gasteiger partial charge >= 0.3 is 17.9 Å². The van der Waals surface area contributed by atoms with E-state index >= 15 is 0 Å². The average Bonchev–Trinajstić information content (AvgIpc) is 3.90. The Hall–Kier alpha value is -6.97. The molecule has 48 heavy (non-hydrogen) atoms. The van der Waals surface area contributed by atoms with Gasteiger partial charge in [0.25, 0.3) is 0 Å². The summed E-state index contributed by atoms with van der Waals surface area (Å²) in [4.78, 5) is 45.2. The number of rotatable bonds is 6. The summed E-state index contributed by atoms with van der Waals surface area (Å²) in [7, 11) is -1.00. The number of Topliss-reactive ketones (excluding diaryl/α,β-unsaturated/α-hetero) is 1. The predicted octanol–water partition coefficient (Wildman–Crippen LogP) is 4.02. The van der Waals surface area contributed by atoms with E-state index in [1.54, 1.807) is 72.8 Å². The molecule has 0 fully saturated rings. The van der Waals surface area contributed by atoms with Crippen LogP contribution in [0, 0.1) is 0 Å². The fraction of sp³-hybridized carbons (Fsp3) is 0.0625. The first-order valence-corrected chi connectivity index (χ1v) is 13.7. The normalized spacial score (nSPS) is 11.2. The molecule has 0 amide bonds. The number of fused-ring (bicyclic) bond motifs is 1. The highest BCUT2D eigenvalue weighted by Crippen LogP contribution is 2.19. The number of nitrogens with one attached hydrogen (secondary N) is 2. The van der Waals surface area contributed by atoms with Gasteiger partial charge in [0, 0.05) is 28.8 Å². The van der Waals surface area contributed by atoms with Gasteiger partial charge in [-0.2, -0.15) is 10.4 Å². The molecule has 0 saturated carbocycles. The number of anilines is 1. The van der Waals surface area contributed by atoms with Gasteiger partial charge in [-0.25, -0.2) is 14.4 Å². The zero-order valence-corrected chi connectivity index (χ0v) is 24.8. The molecule has 3 heterocycles. The topological polar surface area (TPSA) is 233 Å². The number of alkyl halides is 1. The third-order valence-electron chi connectivity index (χ3n) is 6.45. The highest BCUT2D eigenvalue weighted by molar-refractivity contribution is 6.14. The molecule has 15 nitrogen and oxygen atoms in total. The summed E-state index contributed by atoms with van der Waals surface area (Å²) < 4.78 is 19.9.